The predicted octanol–water partition coefficient (Wildman–Crippen LogP) is 1.93. The van der Waals surface area contributed by atoms with Crippen LogP contribution in [0.3, 0.4) is 0 Å². The average Bonchev–Trinajstić information content (AvgIpc) is 3.18. The molecule has 0 saturated carbocycles. The van der Waals surface area contributed by atoms with E-state index in [0.717, 1.165) is 37.3 Å². The van der Waals surface area contributed by atoms with Gasteiger partial charge < -0.3 is 19.7 Å². The zero-order chi connectivity index (χ0) is 19.4. The third-order valence-corrected chi connectivity index (χ3v) is 5.16. The van der Waals surface area contributed by atoms with E-state index >= 15 is 0 Å². The molecule has 7 nitrogen and oxygen atoms in total. The average molecular weight is 386 g/mol. The Kier molecular flexibility index (Phi) is 5.50. The number of piperidine rings is 1. The third kappa shape index (κ3) is 4.28. The lowest BCUT2D eigenvalue weighted by atomic mass is 10.0. The number of amides is 1. The molecular weight excluding hydrogens is 363 g/mol. The minimum atomic E-state index is -0.440. The second-order valence-corrected chi connectivity index (χ2v) is 6.99. The molecule has 1 aromatic heterocycles. The summed E-state index contributed by atoms with van der Waals surface area (Å²) in [5, 5.41) is 2.85. The topological polar surface area (TPSA) is 76.6 Å². The van der Waals surface area contributed by atoms with Crippen molar-refractivity contribution in [1.82, 2.24) is 15.3 Å². The molecule has 2 aliphatic rings. The number of carbonyl (C=O) groups excluding carboxylic acids is 1. The molecule has 3 heterocycles. The molecular formula is C20H23FN4O3. The number of carbonyl (C=O) groups is 1. The largest absolute Gasteiger partial charge is 0.356 e. The molecule has 1 N–H and O–H groups in total. The molecule has 0 radical (unpaired) electrons. The maximum Gasteiger partial charge on any atom is 0.270 e. The molecule has 1 aromatic carbocycles. The van der Waals surface area contributed by atoms with Gasteiger partial charge in [-0.3, -0.25) is 4.79 Å². The van der Waals surface area contributed by atoms with Crippen molar-refractivity contribution < 1.29 is 18.7 Å². The fourth-order valence-corrected chi connectivity index (χ4v) is 3.57. The lowest BCUT2D eigenvalue weighted by molar-refractivity contribution is -0.169. The van der Waals surface area contributed by atoms with E-state index in [2.05, 4.69) is 20.2 Å². The Balaban J connectivity index is 1.31. The van der Waals surface area contributed by atoms with E-state index in [-0.39, 0.29) is 11.7 Å². The van der Waals surface area contributed by atoms with Crippen LogP contribution < -0.4 is 10.2 Å². The van der Waals surface area contributed by atoms with E-state index in [1.807, 2.05) is 0 Å². The second kappa shape index (κ2) is 8.20. The van der Waals surface area contributed by atoms with Gasteiger partial charge in [-0.05, 0) is 24.1 Å². The third-order valence-electron chi connectivity index (χ3n) is 5.16. The molecule has 2 saturated heterocycles. The van der Waals surface area contributed by atoms with Crippen LogP contribution in [0.4, 0.5) is 10.2 Å². The van der Waals surface area contributed by atoms with Crippen molar-refractivity contribution in [2.45, 2.75) is 25.0 Å². The number of hydrogen-bond acceptors (Lipinski definition) is 6. The van der Waals surface area contributed by atoms with Gasteiger partial charge in [0.2, 0.25) is 0 Å². The first-order chi connectivity index (χ1) is 13.6. The minimum absolute atomic E-state index is 0.248. The van der Waals surface area contributed by atoms with Crippen molar-refractivity contribution in [3.63, 3.8) is 0 Å². The van der Waals surface area contributed by atoms with Gasteiger partial charge in [0, 0.05) is 38.5 Å². The molecule has 1 amide bonds. The Bertz CT molecular complexity index is 814. The molecule has 0 aliphatic carbocycles. The summed E-state index contributed by atoms with van der Waals surface area (Å²) in [5.41, 5.74) is 1.29. The van der Waals surface area contributed by atoms with E-state index in [0.29, 0.717) is 31.9 Å². The van der Waals surface area contributed by atoms with Gasteiger partial charge in [0.1, 0.15) is 23.7 Å². The molecule has 2 fully saturated rings. The molecule has 8 heteroatoms. The highest BCUT2D eigenvalue weighted by atomic mass is 19.1. The SMILES string of the molecule is O=C(NCCc1ccc(F)cc1)c1cc(N2CCC3(CC2)OCCO3)ncn1. The maximum absolute atomic E-state index is 12.9. The highest BCUT2D eigenvalue weighted by Gasteiger charge is 2.40. The highest BCUT2D eigenvalue weighted by Crippen LogP contribution is 2.32. The summed E-state index contributed by atoms with van der Waals surface area (Å²) >= 11 is 0. The fourth-order valence-electron chi connectivity index (χ4n) is 3.57. The smallest absolute Gasteiger partial charge is 0.270 e. The number of ether oxygens (including phenoxy) is 2. The Hall–Kier alpha value is -2.58. The molecule has 0 unspecified atom stereocenters. The number of nitrogens with one attached hydrogen (secondary N) is 1. The summed E-state index contributed by atoms with van der Waals surface area (Å²) in [5.74, 6) is -0.228. The van der Waals surface area contributed by atoms with Crippen LogP contribution in [-0.4, -0.2) is 54.5 Å². The van der Waals surface area contributed by atoms with Crippen LogP contribution in [-0.2, 0) is 15.9 Å². The van der Waals surface area contributed by atoms with Crippen LogP contribution in [0.15, 0.2) is 36.7 Å². The Labute approximate surface area is 162 Å². The first kappa shape index (κ1) is 18.8. The summed E-state index contributed by atoms with van der Waals surface area (Å²) in [4.78, 5) is 22.9. The van der Waals surface area contributed by atoms with Gasteiger partial charge in [0.15, 0.2) is 5.79 Å². The van der Waals surface area contributed by atoms with E-state index in [1.165, 1.54) is 18.5 Å². The van der Waals surface area contributed by atoms with Gasteiger partial charge in [-0.15, -0.1) is 0 Å². The summed E-state index contributed by atoms with van der Waals surface area (Å²) in [6.07, 6.45) is 3.59. The van der Waals surface area contributed by atoms with Gasteiger partial charge in [0.25, 0.3) is 5.91 Å². The zero-order valence-electron chi connectivity index (χ0n) is 15.6. The summed E-state index contributed by atoms with van der Waals surface area (Å²) in [7, 11) is 0. The van der Waals surface area contributed by atoms with Gasteiger partial charge >= 0.3 is 0 Å². The van der Waals surface area contributed by atoms with Crippen molar-refractivity contribution in [3.8, 4) is 0 Å². The number of hydrogen-bond donors (Lipinski definition) is 1. The van der Waals surface area contributed by atoms with Crippen LogP contribution in [0.1, 0.15) is 28.9 Å². The Morgan fingerprint density at radius 2 is 1.86 bits per heavy atom. The standard InChI is InChI=1S/C20H23FN4O3/c21-16-3-1-15(2-4-16)5-8-22-19(26)17-13-18(24-14-23-17)25-9-6-20(7-10-25)27-11-12-28-20/h1-4,13-14H,5-12H2,(H,22,26). The Morgan fingerprint density at radius 3 is 2.57 bits per heavy atom. The van der Waals surface area contributed by atoms with E-state index in [4.69, 9.17) is 9.47 Å². The van der Waals surface area contributed by atoms with Gasteiger partial charge in [0.05, 0.1) is 13.2 Å². The van der Waals surface area contributed by atoms with Crippen molar-refractivity contribution in [3.05, 3.63) is 53.7 Å². The fraction of sp³-hybridized carbons (Fsp3) is 0.450. The van der Waals surface area contributed by atoms with Crippen molar-refractivity contribution >= 4 is 11.7 Å². The maximum atomic E-state index is 12.9. The quantitative estimate of drug-likeness (QED) is 0.846. The molecule has 1 spiro atoms. The molecule has 2 aromatic rings. The molecule has 28 heavy (non-hydrogen) atoms. The van der Waals surface area contributed by atoms with Crippen molar-refractivity contribution in [2.75, 3.05) is 37.7 Å². The number of rotatable bonds is 5. The molecule has 4 rings (SSSR count). The van der Waals surface area contributed by atoms with E-state index in [1.54, 1.807) is 18.2 Å². The summed E-state index contributed by atoms with van der Waals surface area (Å²) in [6.45, 7) is 3.25. The number of nitrogens with zero attached hydrogens (tertiary/aromatic N) is 3. The van der Waals surface area contributed by atoms with Crippen LogP contribution in [0, 0.1) is 5.82 Å². The molecule has 0 atom stereocenters. The number of aromatic nitrogens is 2. The Morgan fingerprint density at radius 1 is 1.14 bits per heavy atom. The van der Waals surface area contributed by atoms with Crippen molar-refractivity contribution in [2.24, 2.45) is 0 Å². The number of halogens is 1. The van der Waals surface area contributed by atoms with Crippen LogP contribution in [0.25, 0.3) is 0 Å². The minimum Gasteiger partial charge on any atom is -0.356 e. The van der Waals surface area contributed by atoms with Crippen LogP contribution in [0.5, 0.6) is 0 Å². The first-order valence-electron chi connectivity index (χ1n) is 9.51. The monoisotopic (exact) mass is 386 g/mol. The van der Waals surface area contributed by atoms with Crippen molar-refractivity contribution in [1.29, 1.82) is 0 Å². The number of benzene rings is 1. The number of anilines is 1. The van der Waals surface area contributed by atoms with Gasteiger partial charge in [-0.1, -0.05) is 12.1 Å². The van der Waals surface area contributed by atoms with Gasteiger partial charge in [-0.25, -0.2) is 14.4 Å². The van der Waals surface area contributed by atoms with E-state index in [9.17, 15) is 9.18 Å². The van der Waals surface area contributed by atoms with Gasteiger partial charge in [-0.2, -0.15) is 0 Å². The second-order valence-electron chi connectivity index (χ2n) is 6.99. The molecule has 2 aliphatic heterocycles. The zero-order valence-corrected chi connectivity index (χ0v) is 15.6. The first-order valence-corrected chi connectivity index (χ1v) is 9.51. The lowest BCUT2D eigenvalue weighted by Crippen LogP contribution is -2.45. The van der Waals surface area contributed by atoms with Crippen LogP contribution >= 0.6 is 0 Å². The summed E-state index contributed by atoms with van der Waals surface area (Å²) in [6, 6.07) is 7.97. The normalized spacial score (nSPS) is 18.4. The summed E-state index contributed by atoms with van der Waals surface area (Å²) < 4.78 is 24.4. The molecule has 148 valence electrons. The van der Waals surface area contributed by atoms with Crippen LogP contribution in [0.2, 0.25) is 0 Å². The highest BCUT2D eigenvalue weighted by molar-refractivity contribution is 5.92. The predicted molar refractivity (Wildman–Crippen MR) is 101 cm³/mol. The molecule has 0 bridgehead atoms. The van der Waals surface area contributed by atoms with E-state index < -0.39 is 5.79 Å². The lowest BCUT2D eigenvalue weighted by Gasteiger charge is -2.38.